The Morgan fingerprint density at radius 2 is 1.58 bits per heavy atom. The molecule has 0 atom stereocenters. The highest BCUT2D eigenvalue weighted by atomic mass is 79.9. The van der Waals surface area contributed by atoms with Crippen molar-refractivity contribution < 1.29 is 8.42 Å². The fraction of sp³-hybridized carbons (Fsp3) is 0.417. The lowest BCUT2D eigenvalue weighted by Gasteiger charge is -2.29. The van der Waals surface area contributed by atoms with E-state index in [0.29, 0.717) is 28.8 Å². The molecule has 0 bridgehead atoms. The van der Waals surface area contributed by atoms with Gasteiger partial charge in [-0.3, -0.25) is 0 Å². The van der Waals surface area contributed by atoms with Gasteiger partial charge >= 0.3 is 0 Å². The summed E-state index contributed by atoms with van der Waals surface area (Å²) < 4.78 is 28.6. The predicted molar refractivity (Wildman–Crippen MR) is 137 cm³/mol. The Labute approximate surface area is 204 Å². The number of benzene rings is 2. The molecular formula is C24H30BrN5O2S. The van der Waals surface area contributed by atoms with Gasteiger partial charge in [0.15, 0.2) is 0 Å². The van der Waals surface area contributed by atoms with Crippen LogP contribution in [-0.4, -0.2) is 45.6 Å². The van der Waals surface area contributed by atoms with E-state index in [9.17, 15) is 8.42 Å². The van der Waals surface area contributed by atoms with E-state index in [1.807, 2.05) is 49.3 Å². The molecular weight excluding hydrogens is 502 g/mol. The number of halogens is 1. The zero-order valence-corrected chi connectivity index (χ0v) is 21.4. The highest BCUT2D eigenvalue weighted by molar-refractivity contribution is 9.10. The Morgan fingerprint density at radius 1 is 0.939 bits per heavy atom. The highest BCUT2D eigenvalue weighted by Gasteiger charge is 2.24. The molecule has 7 nitrogen and oxygen atoms in total. The molecule has 1 fully saturated rings. The van der Waals surface area contributed by atoms with E-state index in [1.165, 1.54) is 0 Å². The number of nitrogens with one attached hydrogen (secondary N) is 2. The minimum Gasteiger partial charge on any atom is -0.362 e. The maximum absolute atomic E-state index is 12.6. The van der Waals surface area contributed by atoms with Gasteiger partial charge in [-0.25, -0.2) is 18.1 Å². The second-order valence-electron chi connectivity index (χ2n) is 8.83. The number of para-hydroxylation sites is 1. The normalized spacial score (nSPS) is 18.9. The molecule has 0 aliphatic heterocycles. The summed E-state index contributed by atoms with van der Waals surface area (Å²) in [6.07, 6.45) is 4.13. The third-order valence-corrected chi connectivity index (χ3v) is 8.65. The summed E-state index contributed by atoms with van der Waals surface area (Å²) in [5.41, 5.74) is 0.930. The Hall–Kier alpha value is -2.23. The second kappa shape index (κ2) is 10.4. The first-order valence-corrected chi connectivity index (χ1v) is 13.5. The van der Waals surface area contributed by atoms with Crippen LogP contribution >= 0.6 is 15.9 Å². The Bertz CT molecular complexity index is 1210. The van der Waals surface area contributed by atoms with Crippen molar-refractivity contribution in [1.82, 2.24) is 14.7 Å². The number of nitrogens with zero attached hydrogens (tertiary/aromatic N) is 3. The predicted octanol–water partition coefficient (Wildman–Crippen LogP) is 4.66. The van der Waals surface area contributed by atoms with Crippen LogP contribution in [0.5, 0.6) is 0 Å². The molecule has 0 unspecified atom stereocenters. The first-order chi connectivity index (χ1) is 15.8. The molecule has 4 rings (SSSR count). The molecule has 2 N–H and O–H groups in total. The molecule has 1 aliphatic carbocycles. The van der Waals surface area contributed by atoms with Gasteiger partial charge in [0, 0.05) is 37.0 Å². The van der Waals surface area contributed by atoms with Gasteiger partial charge in [-0.1, -0.05) is 24.3 Å². The summed E-state index contributed by atoms with van der Waals surface area (Å²) in [5, 5.41) is 4.48. The van der Waals surface area contributed by atoms with Crippen LogP contribution in [0.15, 0.2) is 57.9 Å². The maximum atomic E-state index is 12.6. The van der Waals surface area contributed by atoms with Crippen LogP contribution in [0.1, 0.15) is 25.7 Å². The van der Waals surface area contributed by atoms with Crippen molar-refractivity contribution in [1.29, 1.82) is 0 Å². The summed E-state index contributed by atoms with van der Waals surface area (Å²) in [7, 11) is 0.472. The van der Waals surface area contributed by atoms with Gasteiger partial charge in [-0.05, 0) is 77.7 Å². The van der Waals surface area contributed by atoms with Gasteiger partial charge < -0.3 is 10.2 Å². The molecule has 2 aromatic carbocycles. The standard InChI is InChI=1S/C24H30BrN5O2S/c1-30(2)23-19-7-3-5-9-21(19)28-24(29-23)26-15-17-11-13-18(14-12-17)16-27-33(31,32)22-10-6-4-8-20(22)25/h3-10,17-18,27H,11-16H2,1-2H3,(H,26,28,29). The van der Waals surface area contributed by atoms with Gasteiger partial charge in [0.05, 0.1) is 10.4 Å². The van der Waals surface area contributed by atoms with E-state index in [2.05, 4.69) is 31.0 Å². The van der Waals surface area contributed by atoms with Crippen LogP contribution < -0.4 is 14.9 Å². The number of aromatic nitrogens is 2. The molecule has 1 heterocycles. The summed E-state index contributed by atoms with van der Waals surface area (Å²) >= 11 is 3.33. The quantitative estimate of drug-likeness (QED) is 0.439. The Kier molecular flexibility index (Phi) is 7.51. The summed E-state index contributed by atoms with van der Waals surface area (Å²) in [6.45, 7) is 1.30. The minimum absolute atomic E-state index is 0.287. The molecule has 1 aliphatic rings. The van der Waals surface area contributed by atoms with E-state index >= 15 is 0 Å². The van der Waals surface area contributed by atoms with Crippen molar-refractivity contribution in [3.05, 3.63) is 53.0 Å². The third kappa shape index (κ3) is 5.83. The van der Waals surface area contributed by atoms with Crippen molar-refractivity contribution >= 4 is 48.6 Å². The van der Waals surface area contributed by atoms with E-state index in [1.54, 1.807) is 18.2 Å². The first kappa shape index (κ1) is 23.9. The number of fused-ring (bicyclic) bond motifs is 1. The lowest BCUT2D eigenvalue weighted by molar-refractivity contribution is 0.284. The van der Waals surface area contributed by atoms with Crippen molar-refractivity contribution in [2.75, 3.05) is 37.4 Å². The number of rotatable bonds is 8. The number of sulfonamides is 1. The fourth-order valence-electron chi connectivity index (χ4n) is 4.32. The monoisotopic (exact) mass is 531 g/mol. The van der Waals surface area contributed by atoms with Gasteiger partial charge in [0.2, 0.25) is 16.0 Å². The first-order valence-electron chi connectivity index (χ1n) is 11.3. The Morgan fingerprint density at radius 3 is 2.27 bits per heavy atom. The van der Waals surface area contributed by atoms with Crippen LogP contribution in [0.25, 0.3) is 10.9 Å². The zero-order chi connectivity index (χ0) is 23.4. The van der Waals surface area contributed by atoms with Gasteiger partial charge in [-0.2, -0.15) is 4.98 Å². The lowest BCUT2D eigenvalue weighted by atomic mass is 9.82. The van der Waals surface area contributed by atoms with Crippen LogP contribution in [0.2, 0.25) is 0 Å². The average Bonchev–Trinajstić information content (AvgIpc) is 2.81. The van der Waals surface area contributed by atoms with Crippen molar-refractivity contribution in [3.63, 3.8) is 0 Å². The van der Waals surface area contributed by atoms with Crippen molar-refractivity contribution in [2.24, 2.45) is 11.8 Å². The van der Waals surface area contributed by atoms with Gasteiger partial charge in [0.1, 0.15) is 5.82 Å². The molecule has 0 spiro atoms. The molecule has 176 valence electrons. The molecule has 9 heteroatoms. The van der Waals surface area contributed by atoms with Crippen molar-refractivity contribution in [3.8, 4) is 0 Å². The molecule has 0 saturated heterocycles. The second-order valence-corrected chi connectivity index (χ2v) is 11.4. The van der Waals surface area contributed by atoms with E-state index in [4.69, 9.17) is 4.98 Å². The molecule has 33 heavy (non-hydrogen) atoms. The van der Waals surface area contributed by atoms with Crippen LogP contribution in [0.4, 0.5) is 11.8 Å². The summed E-state index contributed by atoms with van der Waals surface area (Å²) in [6, 6.07) is 14.9. The van der Waals surface area contributed by atoms with E-state index in [0.717, 1.165) is 48.9 Å². The lowest BCUT2D eigenvalue weighted by Crippen LogP contribution is -2.32. The molecule has 0 amide bonds. The Balaban J connectivity index is 1.29. The maximum Gasteiger partial charge on any atom is 0.241 e. The van der Waals surface area contributed by atoms with Crippen LogP contribution in [0.3, 0.4) is 0 Å². The number of hydrogen-bond acceptors (Lipinski definition) is 6. The van der Waals surface area contributed by atoms with E-state index < -0.39 is 10.0 Å². The van der Waals surface area contributed by atoms with Gasteiger partial charge in [-0.15, -0.1) is 0 Å². The van der Waals surface area contributed by atoms with Gasteiger partial charge in [0.25, 0.3) is 0 Å². The molecule has 0 radical (unpaired) electrons. The van der Waals surface area contributed by atoms with Crippen LogP contribution in [-0.2, 0) is 10.0 Å². The zero-order valence-electron chi connectivity index (χ0n) is 19.0. The molecule has 1 aromatic heterocycles. The smallest absolute Gasteiger partial charge is 0.241 e. The number of anilines is 2. The number of hydrogen-bond donors (Lipinski definition) is 2. The topological polar surface area (TPSA) is 87.2 Å². The SMILES string of the molecule is CN(C)c1nc(NCC2CCC(CNS(=O)(=O)c3ccccc3Br)CC2)nc2ccccc12. The fourth-order valence-corrected chi connectivity index (χ4v) is 6.44. The minimum atomic E-state index is -3.51. The van der Waals surface area contributed by atoms with Crippen molar-refractivity contribution in [2.45, 2.75) is 30.6 Å². The largest absolute Gasteiger partial charge is 0.362 e. The van der Waals surface area contributed by atoms with Crippen LogP contribution in [0, 0.1) is 11.8 Å². The summed E-state index contributed by atoms with van der Waals surface area (Å²) in [5.74, 6) is 2.44. The molecule has 1 saturated carbocycles. The van der Waals surface area contributed by atoms with E-state index in [-0.39, 0.29) is 4.90 Å². The average molecular weight is 533 g/mol. The highest BCUT2D eigenvalue weighted by Crippen LogP contribution is 2.30. The molecule has 3 aromatic rings. The third-order valence-electron chi connectivity index (χ3n) is 6.21. The summed E-state index contributed by atoms with van der Waals surface area (Å²) in [4.78, 5) is 11.7.